The number of hydrogen-bond donors (Lipinski definition) is 1. The van der Waals surface area contributed by atoms with Gasteiger partial charge in [0.2, 0.25) is 0 Å². The van der Waals surface area contributed by atoms with Crippen LogP contribution in [0.1, 0.15) is 21.7 Å². The number of amides is 1. The smallest absolute Gasteiger partial charge is 0.257 e. The number of nitrogens with one attached hydrogen (secondary N) is 1. The van der Waals surface area contributed by atoms with Crippen molar-refractivity contribution in [2.45, 2.75) is 12.7 Å². The molecule has 140 valence electrons. The molecule has 2 aromatic carbocycles. The largest absolute Gasteiger partial charge is 0.360 e. The minimum Gasteiger partial charge on any atom is -0.360 e. The maximum absolute atomic E-state index is 14.2. The monoisotopic (exact) mass is 404 g/mol. The van der Waals surface area contributed by atoms with E-state index in [0.717, 1.165) is 11.5 Å². The molecule has 0 aliphatic rings. The zero-order chi connectivity index (χ0) is 19.2. The van der Waals surface area contributed by atoms with Crippen molar-refractivity contribution in [1.29, 1.82) is 0 Å². The van der Waals surface area contributed by atoms with Gasteiger partial charge in [0.15, 0.2) is 0 Å². The summed E-state index contributed by atoms with van der Waals surface area (Å²) in [6.07, 6.45) is 0. The molecule has 4 nitrogen and oxygen atoms in total. The van der Waals surface area contributed by atoms with Gasteiger partial charge in [-0.25, -0.2) is 4.39 Å². The Kier molecular flexibility index (Phi) is 6.53. The van der Waals surface area contributed by atoms with E-state index in [1.807, 2.05) is 18.2 Å². The number of rotatable bonds is 7. The van der Waals surface area contributed by atoms with Crippen LogP contribution in [0, 0.1) is 12.7 Å². The van der Waals surface area contributed by atoms with E-state index in [-0.39, 0.29) is 27.8 Å². The summed E-state index contributed by atoms with van der Waals surface area (Å²) in [5.41, 5.74) is 1.62. The molecule has 3 rings (SSSR count). The summed E-state index contributed by atoms with van der Waals surface area (Å²) < 4.78 is 19.3. The van der Waals surface area contributed by atoms with Crippen LogP contribution >= 0.6 is 23.4 Å². The van der Waals surface area contributed by atoms with Crippen molar-refractivity contribution in [2.24, 2.45) is 0 Å². The van der Waals surface area contributed by atoms with Gasteiger partial charge in [-0.2, -0.15) is 11.8 Å². The second kappa shape index (κ2) is 9.06. The van der Waals surface area contributed by atoms with E-state index in [0.29, 0.717) is 12.3 Å². The number of nitrogens with zero attached hydrogens (tertiary/aromatic N) is 1. The molecule has 0 unspecified atom stereocenters. The molecule has 0 atom stereocenters. The topological polar surface area (TPSA) is 55.1 Å². The number of aryl methyl sites for hydroxylation is 1. The zero-order valence-corrected chi connectivity index (χ0v) is 16.2. The zero-order valence-electron chi connectivity index (χ0n) is 14.7. The summed E-state index contributed by atoms with van der Waals surface area (Å²) in [6.45, 7) is 2.09. The lowest BCUT2D eigenvalue weighted by Crippen LogP contribution is -2.26. The first-order valence-corrected chi connectivity index (χ1v) is 9.91. The van der Waals surface area contributed by atoms with Crippen LogP contribution in [0.3, 0.4) is 0 Å². The van der Waals surface area contributed by atoms with Crippen LogP contribution in [0.5, 0.6) is 0 Å². The fourth-order valence-corrected chi connectivity index (χ4v) is 3.70. The van der Waals surface area contributed by atoms with Crippen LogP contribution in [0.15, 0.2) is 53.1 Å². The van der Waals surface area contributed by atoms with Gasteiger partial charge in [-0.3, -0.25) is 4.79 Å². The predicted octanol–water partition coefficient (Wildman–Crippen LogP) is 5.11. The molecule has 0 saturated heterocycles. The quantitative estimate of drug-likeness (QED) is 0.556. The highest BCUT2D eigenvalue weighted by Gasteiger charge is 2.25. The molecule has 0 fully saturated rings. The molecular weight excluding hydrogens is 387 g/mol. The molecular formula is C20H18ClFN2O2S. The van der Waals surface area contributed by atoms with E-state index in [1.165, 1.54) is 17.7 Å². The first kappa shape index (κ1) is 19.5. The normalized spacial score (nSPS) is 10.8. The van der Waals surface area contributed by atoms with Crippen LogP contribution < -0.4 is 5.32 Å². The van der Waals surface area contributed by atoms with Crippen molar-refractivity contribution in [1.82, 2.24) is 10.5 Å². The minimum atomic E-state index is -0.553. The van der Waals surface area contributed by atoms with Crippen molar-refractivity contribution < 1.29 is 13.7 Å². The standard InChI is InChI=1S/C20H18ClFN2O2S/c1-13-17(19(24-26-13)18-15(21)8-5-9-16(18)22)20(25)23-10-11-27-12-14-6-3-2-4-7-14/h2-9H,10-12H2,1H3,(H,23,25). The average Bonchev–Trinajstić information content (AvgIpc) is 3.03. The van der Waals surface area contributed by atoms with Crippen molar-refractivity contribution >= 4 is 29.3 Å². The van der Waals surface area contributed by atoms with Crippen LogP contribution in [-0.2, 0) is 5.75 Å². The highest BCUT2D eigenvalue weighted by atomic mass is 35.5. The molecule has 7 heteroatoms. The highest BCUT2D eigenvalue weighted by molar-refractivity contribution is 7.98. The highest BCUT2D eigenvalue weighted by Crippen LogP contribution is 2.33. The second-order valence-electron chi connectivity index (χ2n) is 5.85. The summed E-state index contributed by atoms with van der Waals surface area (Å²) in [7, 11) is 0. The van der Waals surface area contributed by atoms with Gasteiger partial charge in [-0.05, 0) is 24.6 Å². The van der Waals surface area contributed by atoms with Gasteiger partial charge < -0.3 is 9.84 Å². The number of aromatic nitrogens is 1. The van der Waals surface area contributed by atoms with E-state index in [2.05, 4.69) is 22.6 Å². The molecule has 0 aliphatic heterocycles. The fourth-order valence-electron chi connectivity index (χ4n) is 2.62. The lowest BCUT2D eigenvalue weighted by Gasteiger charge is -2.07. The van der Waals surface area contributed by atoms with Crippen molar-refractivity contribution in [3.63, 3.8) is 0 Å². The number of halogens is 2. The van der Waals surface area contributed by atoms with Gasteiger partial charge >= 0.3 is 0 Å². The molecule has 0 spiro atoms. The van der Waals surface area contributed by atoms with E-state index in [1.54, 1.807) is 24.8 Å². The molecule has 1 N–H and O–H groups in total. The lowest BCUT2D eigenvalue weighted by atomic mass is 10.0. The summed E-state index contributed by atoms with van der Waals surface area (Å²) >= 11 is 7.82. The summed E-state index contributed by atoms with van der Waals surface area (Å²) in [4.78, 5) is 12.6. The third-order valence-electron chi connectivity index (χ3n) is 3.93. The Morgan fingerprint density at radius 1 is 1.22 bits per heavy atom. The molecule has 0 aliphatic carbocycles. The van der Waals surface area contributed by atoms with Gasteiger partial charge in [-0.1, -0.05) is 53.2 Å². The number of benzene rings is 2. The predicted molar refractivity (Wildman–Crippen MR) is 107 cm³/mol. The van der Waals surface area contributed by atoms with E-state index in [4.69, 9.17) is 16.1 Å². The summed E-state index contributed by atoms with van der Waals surface area (Å²) in [5.74, 6) is 1.03. The van der Waals surface area contributed by atoms with E-state index < -0.39 is 5.82 Å². The number of hydrogen-bond acceptors (Lipinski definition) is 4. The van der Waals surface area contributed by atoms with Gasteiger partial charge in [0.25, 0.3) is 5.91 Å². The maximum Gasteiger partial charge on any atom is 0.257 e. The van der Waals surface area contributed by atoms with Crippen LogP contribution in [0.25, 0.3) is 11.3 Å². The Hall–Kier alpha value is -2.31. The van der Waals surface area contributed by atoms with Gasteiger partial charge in [0.05, 0.1) is 10.6 Å². The average molecular weight is 405 g/mol. The SMILES string of the molecule is Cc1onc(-c2c(F)cccc2Cl)c1C(=O)NCCSCc1ccccc1. The molecule has 0 saturated carbocycles. The van der Waals surface area contributed by atoms with Gasteiger partial charge in [0, 0.05) is 18.1 Å². The first-order valence-electron chi connectivity index (χ1n) is 8.38. The van der Waals surface area contributed by atoms with E-state index >= 15 is 0 Å². The minimum absolute atomic E-state index is 0.0691. The second-order valence-corrected chi connectivity index (χ2v) is 7.37. The van der Waals surface area contributed by atoms with Gasteiger partial charge in [0.1, 0.15) is 22.8 Å². The van der Waals surface area contributed by atoms with Gasteiger partial charge in [-0.15, -0.1) is 0 Å². The third kappa shape index (κ3) is 4.70. The van der Waals surface area contributed by atoms with Crippen molar-refractivity contribution in [3.05, 3.63) is 76.3 Å². The van der Waals surface area contributed by atoms with Crippen molar-refractivity contribution in [2.75, 3.05) is 12.3 Å². The number of carbonyl (C=O) groups excluding carboxylic acids is 1. The Labute approximate surface area is 166 Å². The number of carbonyl (C=O) groups is 1. The van der Waals surface area contributed by atoms with Crippen LogP contribution in [0.4, 0.5) is 4.39 Å². The Balaban J connectivity index is 1.63. The Morgan fingerprint density at radius 3 is 2.74 bits per heavy atom. The fraction of sp³-hybridized carbons (Fsp3) is 0.200. The molecule has 0 radical (unpaired) electrons. The summed E-state index contributed by atoms with van der Waals surface area (Å²) in [6, 6.07) is 14.4. The van der Waals surface area contributed by atoms with Crippen LogP contribution in [-0.4, -0.2) is 23.4 Å². The molecule has 1 heterocycles. The number of thioether (sulfide) groups is 1. The first-order chi connectivity index (χ1) is 13.1. The molecule has 1 aromatic heterocycles. The Morgan fingerprint density at radius 2 is 2.00 bits per heavy atom. The Bertz CT molecular complexity index is 911. The molecule has 3 aromatic rings. The molecule has 0 bridgehead atoms. The summed E-state index contributed by atoms with van der Waals surface area (Å²) in [5, 5.41) is 6.86. The maximum atomic E-state index is 14.2. The van der Waals surface area contributed by atoms with E-state index in [9.17, 15) is 9.18 Å². The van der Waals surface area contributed by atoms with Crippen LogP contribution in [0.2, 0.25) is 5.02 Å². The third-order valence-corrected chi connectivity index (χ3v) is 5.28. The molecule has 1 amide bonds. The van der Waals surface area contributed by atoms with Crippen molar-refractivity contribution in [3.8, 4) is 11.3 Å². The lowest BCUT2D eigenvalue weighted by molar-refractivity contribution is 0.0955. The molecule has 27 heavy (non-hydrogen) atoms.